The number of aromatic nitrogens is 1. The number of nitro benzene ring substituents is 1. The smallest absolute Gasteiger partial charge is 0.270 e. The Hall–Kier alpha value is -3.35. The van der Waals surface area contributed by atoms with Crippen molar-refractivity contribution in [3.63, 3.8) is 0 Å². The number of nitro groups is 1. The Kier molecular flexibility index (Phi) is 3.91. The zero-order chi connectivity index (χ0) is 17.3. The predicted molar refractivity (Wildman–Crippen MR) is 88.6 cm³/mol. The van der Waals surface area contributed by atoms with Crippen LogP contribution in [-0.4, -0.2) is 21.7 Å². The summed E-state index contributed by atoms with van der Waals surface area (Å²) in [6.07, 6.45) is 1.63. The monoisotopic (exact) mass is 326 g/mol. The number of ether oxygens (including phenoxy) is 1. The van der Waals surface area contributed by atoms with E-state index in [0.29, 0.717) is 16.7 Å². The molecule has 0 saturated heterocycles. The topological polar surface area (TPSA) is 94.6 Å². The van der Waals surface area contributed by atoms with Gasteiger partial charge in [0.1, 0.15) is 11.5 Å². The summed E-state index contributed by atoms with van der Waals surface area (Å²) in [5, 5.41) is 21.3. The number of fused-ring (bicyclic) bond motifs is 1. The van der Waals surface area contributed by atoms with E-state index >= 15 is 0 Å². The highest BCUT2D eigenvalue weighted by molar-refractivity contribution is 5.83. The molecule has 2 aromatic carbocycles. The number of aromatic hydroxyl groups is 1. The first-order chi connectivity index (χ1) is 11.5. The maximum Gasteiger partial charge on any atom is 0.270 e. The summed E-state index contributed by atoms with van der Waals surface area (Å²) in [7, 11) is 1.48. The molecule has 0 aliphatic heterocycles. The minimum Gasteiger partial charge on any atom is -0.508 e. The molecule has 0 atom stereocenters. The first kappa shape index (κ1) is 15.5. The fraction of sp³-hybridized carbons (Fsp3) is 0.118. The second-order valence-electron chi connectivity index (χ2n) is 5.27. The normalized spacial score (nSPS) is 10.7. The number of non-ortho nitro benzene ring substituents is 1. The number of methoxy groups -OCH3 is 1. The molecule has 0 saturated carbocycles. The van der Waals surface area contributed by atoms with Crippen LogP contribution in [0.5, 0.6) is 11.5 Å². The lowest BCUT2D eigenvalue weighted by molar-refractivity contribution is -0.384. The van der Waals surface area contributed by atoms with Crippen LogP contribution in [0.25, 0.3) is 10.8 Å². The highest BCUT2D eigenvalue weighted by atomic mass is 16.6. The lowest BCUT2D eigenvalue weighted by Gasteiger charge is -2.11. The van der Waals surface area contributed by atoms with E-state index in [-0.39, 0.29) is 28.9 Å². The average molecular weight is 326 g/mol. The second kappa shape index (κ2) is 6.04. The van der Waals surface area contributed by atoms with Crippen LogP contribution in [0.2, 0.25) is 0 Å². The number of hydrogen-bond acceptors (Lipinski definition) is 5. The van der Waals surface area contributed by atoms with Crippen LogP contribution in [0.15, 0.2) is 53.5 Å². The maximum atomic E-state index is 12.6. The van der Waals surface area contributed by atoms with Crippen molar-refractivity contribution in [1.29, 1.82) is 0 Å². The Bertz CT molecular complexity index is 994. The Morgan fingerprint density at radius 3 is 2.71 bits per heavy atom. The van der Waals surface area contributed by atoms with Gasteiger partial charge in [0.05, 0.1) is 24.0 Å². The molecule has 3 rings (SSSR count). The molecule has 24 heavy (non-hydrogen) atoms. The lowest BCUT2D eigenvalue weighted by atomic mass is 10.1. The molecule has 0 aliphatic carbocycles. The lowest BCUT2D eigenvalue weighted by Crippen LogP contribution is -2.20. The van der Waals surface area contributed by atoms with Crippen molar-refractivity contribution in [1.82, 2.24) is 4.57 Å². The van der Waals surface area contributed by atoms with Gasteiger partial charge in [0.15, 0.2) is 0 Å². The number of phenolic OH excluding ortho intramolecular Hbond substituents is 1. The van der Waals surface area contributed by atoms with Crippen molar-refractivity contribution in [2.75, 3.05) is 7.11 Å². The van der Waals surface area contributed by atoms with E-state index in [2.05, 4.69) is 0 Å². The third-order valence-corrected chi connectivity index (χ3v) is 3.78. The summed E-state index contributed by atoms with van der Waals surface area (Å²) >= 11 is 0. The van der Waals surface area contributed by atoms with Gasteiger partial charge in [-0.1, -0.05) is 0 Å². The molecule has 0 unspecified atom stereocenters. The maximum absolute atomic E-state index is 12.6. The zero-order valence-corrected chi connectivity index (χ0v) is 12.8. The van der Waals surface area contributed by atoms with Gasteiger partial charge in [-0.3, -0.25) is 14.9 Å². The van der Waals surface area contributed by atoms with Gasteiger partial charge in [0, 0.05) is 30.0 Å². The molecule has 0 amide bonds. The third-order valence-electron chi connectivity index (χ3n) is 3.78. The van der Waals surface area contributed by atoms with Crippen molar-refractivity contribution >= 4 is 16.5 Å². The Labute approximate surface area is 136 Å². The molecule has 0 spiro atoms. The molecule has 1 N–H and O–H groups in total. The van der Waals surface area contributed by atoms with Gasteiger partial charge in [0.2, 0.25) is 0 Å². The van der Waals surface area contributed by atoms with Gasteiger partial charge >= 0.3 is 0 Å². The van der Waals surface area contributed by atoms with Crippen LogP contribution in [0, 0.1) is 10.1 Å². The van der Waals surface area contributed by atoms with Gasteiger partial charge in [-0.05, 0) is 29.7 Å². The van der Waals surface area contributed by atoms with Crippen molar-refractivity contribution < 1.29 is 14.8 Å². The molecule has 0 aliphatic rings. The van der Waals surface area contributed by atoms with Crippen LogP contribution in [0.4, 0.5) is 5.69 Å². The van der Waals surface area contributed by atoms with Crippen LogP contribution in [0.3, 0.4) is 0 Å². The number of hydrogen-bond donors (Lipinski definition) is 1. The summed E-state index contributed by atoms with van der Waals surface area (Å²) in [5.74, 6) is 0.526. The fourth-order valence-corrected chi connectivity index (χ4v) is 2.55. The number of pyridine rings is 1. The van der Waals surface area contributed by atoms with Gasteiger partial charge in [-0.2, -0.15) is 0 Å². The first-order valence-corrected chi connectivity index (χ1v) is 7.13. The molecule has 0 bridgehead atoms. The quantitative estimate of drug-likeness (QED) is 0.587. The van der Waals surface area contributed by atoms with Gasteiger partial charge < -0.3 is 14.4 Å². The number of nitrogens with zero attached hydrogens (tertiary/aromatic N) is 2. The van der Waals surface area contributed by atoms with Gasteiger partial charge in [0.25, 0.3) is 11.2 Å². The fourth-order valence-electron chi connectivity index (χ4n) is 2.55. The van der Waals surface area contributed by atoms with Crippen LogP contribution < -0.4 is 10.3 Å². The van der Waals surface area contributed by atoms with Crippen molar-refractivity contribution in [2.24, 2.45) is 0 Å². The zero-order valence-electron chi connectivity index (χ0n) is 12.8. The van der Waals surface area contributed by atoms with E-state index in [0.717, 1.165) is 0 Å². The summed E-state index contributed by atoms with van der Waals surface area (Å²) in [4.78, 5) is 23.0. The molecule has 0 radical (unpaired) electrons. The standard InChI is InChI=1S/C17H14N2O5/c1-24-16-9-14(20)5-3-12(16)10-18-7-6-11-2-4-13(19(22)23)8-15(11)17(18)21/h2-9,20H,10H2,1H3. The highest BCUT2D eigenvalue weighted by Gasteiger charge is 2.11. The Balaban J connectivity index is 2.09. The van der Waals surface area contributed by atoms with Crippen LogP contribution >= 0.6 is 0 Å². The minimum atomic E-state index is -0.529. The molecule has 3 aromatic rings. The van der Waals surface area contributed by atoms with Crippen molar-refractivity contribution in [2.45, 2.75) is 6.54 Å². The molecule has 122 valence electrons. The van der Waals surface area contributed by atoms with E-state index in [4.69, 9.17) is 4.74 Å². The van der Waals surface area contributed by atoms with Crippen LogP contribution in [-0.2, 0) is 6.54 Å². The average Bonchev–Trinajstić information content (AvgIpc) is 2.58. The molecule has 7 nitrogen and oxygen atoms in total. The number of phenols is 1. The third kappa shape index (κ3) is 2.79. The summed E-state index contributed by atoms with van der Waals surface area (Å²) in [6.45, 7) is 0.223. The SMILES string of the molecule is COc1cc(O)ccc1Cn1ccc2ccc([N+](=O)[O-])cc2c1=O. The molecule has 0 fully saturated rings. The number of benzene rings is 2. The molecule has 1 aromatic heterocycles. The van der Waals surface area contributed by atoms with Crippen molar-refractivity contribution in [3.8, 4) is 11.5 Å². The van der Waals surface area contributed by atoms with E-state index in [1.165, 1.54) is 35.9 Å². The van der Waals surface area contributed by atoms with Gasteiger partial charge in [-0.25, -0.2) is 0 Å². The Morgan fingerprint density at radius 1 is 1.21 bits per heavy atom. The summed E-state index contributed by atoms with van der Waals surface area (Å²) in [5.41, 5.74) is 0.257. The second-order valence-corrected chi connectivity index (χ2v) is 5.27. The summed E-state index contributed by atoms with van der Waals surface area (Å²) in [6, 6.07) is 10.6. The molecular weight excluding hydrogens is 312 g/mol. The first-order valence-electron chi connectivity index (χ1n) is 7.13. The van der Waals surface area contributed by atoms with Crippen molar-refractivity contribution in [3.05, 3.63) is 74.7 Å². The predicted octanol–water partition coefficient (Wildman–Crippen LogP) is 2.67. The number of rotatable bonds is 4. The van der Waals surface area contributed by atoms with E-state index in [1.54, 1.807) is 24.4 Å². The van der Waals surface area contributed by atoms with Crippen LogP contribution in [0.1, 0.15) is 5.56 Å². The van der Waals surface area contributed by atoms with Gasteiger partial charge in [-0.15, -0.1) is 0 Å². The minimum absolute atomic E-state index is 0.0667. The van der Waals surface area contributed by atoms with E-state index in [9.17, 15) is 20.0 Å². The van der Waals surface area contributed by atoms with E-state index < -0.39 is 4.92 Å². The molecular formula is C17H14N2O5. The molecule has 7 heteroatoms. The Morgan fingerprint density at radius 2 is 2.00 bits per heavy atom. The molecule has 1 heterocycles. The van der Waals surface area contributed by atoms with E-state index in [1.807, 2.05) is 0 Å². The highest BCUT2D eigenvalue weighted by Crippen LogP contribution is 2.24. The largest absolute Gasteiger partial charge is 0.508 e. The summed E-state index contributed by atoms with van der Waals surface area (Å²) < 4.78 is 6.66.